The van der Waals surface area contributed by atoms with Gasteiger partial charge < -0.3 is 4.90 Å². The fraction of sp³-hybridized carbons (Fsp3) is 0.471. The zero-order chi connectivity index (χ0) is 16.5. The van der Waals surface area contributed by atoms with Crippen LogP contribution in [0.2, 0.25) is 0 Å². The lowest BCUT2D eigenvalue weighted by Gasteiger charge is -2.39. The normalized spacial score (nSPS) is 24.2. The van der Waals surface area contributed by atoms with Crippen LogP contribution in [0.4, 0.5) is 14.6 Å². The molecule has 0 aromatic carbocycles. The molecule has 7 heteroatoms. The minimum atomic E-state index is -0.569. The summed E-state index contributed by atoms with van der Waals surface area (Å²) in [6.45, 7) is 2.92. The highest BCUT2D eigenvalue weighted by molar-refractivity contribution is 5.36. The minimum Gasteiger partial charge on any atom is -0.354 e. The molecule has 0 amide bonds. The molecule has 2 fully saturated rings. The third-order valence-electron chi connectivity index (χ3n) is 5.16. The molecular formula is C17H19F2N5. The van der Waals surface area contributed by atoms with Crippen LogP contribution in [0.1, 0.15) is 18.4 Å². The Morgan fingerprint density at radius 2 is 1.79 bits per heavy atom. The van der Waals surface area contributed by atoms with Gasteiger partial charge in [0.15, 0.2) is 0 Å². The van der Waals surface area contributed by atoms with Crippen molar-refractivity contribution in [3.63, 3.8) is 0 Å². The molecule has 2 aliphatic heterocycles. The molecule has 2 aromatic rings. The summed E-state index contributed by atoms with van der Waals surface area (Å²) in [7, 11) is 0. The number of halogens is 2. The Hall–Kier alpha value is -2.15. The third kappa shape index (κ3) is 2.84. The number of hydrogen-bond acceptors (Lipinski definition) is 5. The Kier molecular flexibility index (Phi) is 4.10. The second-order valence-electron chi connectivity index (χ2n) is 6.47. The number of pyridine rings is 1. The van der Waals surface area contributed by atoms with Crippen molar-refractivity contribution < 1.29 is 8.78 Å². The van der Waals surface area contributed by atoms with E-state index in [-0.39, 0.29) is 18.2 Å². The van der Waals surface area contributed by atoms with Crippen molar-refractivity contribution in [1.82, 2.24) is 19.9 Å². The quantitative estimate of drug-likeness (QED) is 0.863. The van der Waals surface area contributed by atoms with E-state index < -0.39 is 11.6 Å². The Morgan fingerprint density at radius 1 is 1.00 bits per heavy atom. The number of hydrogen-bond donors (Lipinski definition) is 0. The van der Waals surface area contributed by atoms with Crippen LogP contribution in [0.3, 0.4) is 0 Å². The van der Waals surface area contributed by atoms with E-state index in [1.165, 1.54) is 0 Å². The fourth-order valence-corrected chi connectivity index (χ4v) is 3.88. The number of likely N-dealkylation sites (tertiary alicyclic amines) is 1. The largest absolute Gasteiger partial charge is 0.354 e. The number of piperidine rings is 1. The van der Waals surface area contributed by atoms with E-state index in [1.807, 2.05) is 0 Å². The van der Waals surface area contributed by atoms with Gasteiger partial charge in [0.1, 0.15) is 17.5 Å². The Labute approximate surface area is 139 Å². The van der Waals surface area contributed by atoms with Crippen molar-refractivity contribution in [2.24, 2.45) is 5.92 Å². The van der Waals surface area contributed by atoms with Crippen molar-refractivity contribution in [1.29, 1.82) is 0 Å². The van der Waals surface area contributed by atoms with Crippen LogP contribution in [0.25, 0.3) is 0 Å². The molecule has 4 heterocycles. The second-order valence-corrected chi connectivity index (χ2v) is 6.47. The van der Waals surface area contributed by atoms with Gasteiger partial charge in [-0.1, -0.05) is 0 Å². The Morgan fingerprint density at radius 3 is 2.54 bits per heavy atom. The summed E-state index contributed by atoms with van der Waals surface area (Å²) >= 11 is 0. The van der Waals surface area contributed by atoms with Gasteiger partial charge in [0.2, 0.25) is 0 Å². The number of aromatic nitrogens is 3. The Balaban J connectivity index is 1.52. The standard InChI is InChI=1S/C17H19F2N5/c18-14-7-21-8-15(19)13(14)10-23-5-1-12-2-6-24(11-16(12)23)17-9-20-3-4-22-17/h3-4,7-9,12,16H,1-2,5-6,10-11H2. The predicted molar refractivity (Wildman–Crippen MR) is 85.3 cm³/mol. The third-order valence-corrected chi connectivity index (χ3v) is 5.16. The van der Waals surface area contributed by atoms with Crippen molar-refractivity contribution in [2.75, 3.05) is 24.5 Å². The zero-order valence-electron chi connectivity index (χ0n) is 13.3. The summed E-state index contributed by atoms with van der Waals surface area (Å²) in [4.78, 5) is 16.5. The average Bonchev–Trinajstić information content (AvgIpc) is 3.01. The first kappa shape index (κ1) is 15.4. The molecule has 2 aliphatic rings. The summed E-state index contributed by atoms with van der Waals surface area (Å²) in [6.07, 6.45) is 9.42. The molecule has 126 valence electrons. The van der Waals surface area contributed by atoms with Gasteiger partial charge in [0.25, 0.3) is 0 Å². The van der Waals surface area contributed by atoms with Gasteiger partial charge in [-0.3, -0.25) is 14.9 Å². The summed E-state index contributed by atoms with van der Waals surface area (Å²) < 4.78 is 27.8. The topological polar surface area (TPSA) is 45.2 Å². The maximum atomic E-state index is 13.9. The van der Waals surface area contributed by atoms with Gasteiger partial charge in [-0.2, -0.15) is 0 Å². The van der Waals surface area contributed by atoms with Gasteiger partial charge in [0.05, 0.1) is 18.6 Å². The maximum absolute atomic E-state index is 13.9. The van der Waals surface area contributed by atoms with E-state index in [1.54, 1.807) is 18.6 Å². The van der Waals surface area contributed by atoms with E-state index in [0.717, 1.165) is 50.7 Å². The molecule has 5 nitrogen and oxygen atoms in total. The van der Waals surface area contributed by atoms with E-state index in [4.69, 9.17) is 0 Å². The molecule has 4 rings (SSSR count). The number of nitrogens with zero attached hydrogens (tertiary/aromatic N) is 5. The molecule has 2 saturated heterocycles. The van der Waals surface area contributed by atoms with E-state index in [0.29, 0.717) is 5.92 Å². The zero-order valence-corrected chi connectivity index (χ0v) is 13.3. The molecule has 0 spiro atoms. The van der Waals surface area contributed by atoms with Crippen LogP contribution in [-0.4, -0.2) is 45.5 Å². The minimum absolute atomic E-state index is 0.113. The number of fused-ring (bicyclic) bond motifs is 1. The van der Waals surface area contributed by atoms with Gasteiger partial charge in [0, 0.05) is 43.6 Å². The summed E-state index contributed by atoms with van der Waals surface area (Å²) in [5, 5.41) is 0. The molecule has 24 heavy (non-hydrogen) atoms. The molecule has 0 bridgehead atoms. The number of anilines is 1. The second kappa shape index (κ2) is 6.39. The van der Waals surface area contributed by atoms with Gasteiger partial charge in [-0.05, 0) is 25.3 Å². The molecule has 0 aliphatic carbocycles. The van der Waals surface area contributed by atoms with Crippen LogP contribution >= 0.6 is 0 Å². The van der Waals surface area contributed by atoms with Crippen LogP contribution in [0, 0.1) is 17.6 Å². The van der Waals surface area contributed by atoms with Crippen molar-refractivity contribution >= 4 is 5.82 Å². The fourth-order valence-electron chi connectivity index (χ4n) is 3.88. The van der Waals surface area contributed by atoms with Crippen LogP contribution in [0.15, 0.2) is 31.0 Å². The lowest BCUT2D eigenvalue weighted by Crippen LogP contribution is -2.48. The summed E-state index contributed by atoms with van der Waals surface area (Å²) in [5.74, 6) is 0.301. The van der Waals surface area contributed by atoms with Crippen LogP contribution in [-0.2, 0) is 6.54 Å². The maximum Gasteiger partial charge on any atom is 0.148 e. The van der Waals surface area contributed by atoms with Crippen LogP contribution < -0.4 is 4.90 Å². The summed E-state index contributed by atoms with van der Waals surface area (Å²) in [6, 6.07) is 0.285. The molecule has 2 aromatic heterocycles. The highest BCUT2D eigenvalue weighted by Gasteiger charge is 2.39. The molecule has 2 atom stereocenters. The SMILES string of the molecule is Fc1cncc(F)c1CN1CCC2CCN(c3cnccn3)CC21. The van der Waals surface area contributed by atoms with Gasteiger partial charge in [-0.15, -0.1) is 0 Å². The van der Waals surface area contributed by atoms with Crippen molar-refractivity contribution in [3.8, 4) is 0 Å². The van der Waals surface area contributed by atoms with Gasteiger partial charge >= 0.3 is 0 Å². The molecule has 2 unspecified atom stereocenters. The predicted octanol–water partition coefficient (Wildman–Crippen LogP) is 2.25. The molecular weight excluding hydrogens is 312 g/mol. The highest BCUT2D eigenvalue weighted by Crippen LogP contribution is 2.34. The van der Waals surface area contributed by atoms with Crippen molar-refractivity contribution in [3.05, 3.63) is 48.2 Å². The molecule has 0 N–H and O–H groups in total. The van der Waals surface area contributed by atoms with Crippen LogP contribution in [0.5, 0.6) is 0 Å². The summed E-state index contributed by atoms with van der Waals surface area (Å²) in [5.41, 5.74) is 0.113. The monoisotopic (exact) mass is 331 g/mol. The highest BCUT2D eigenvalue weighted by atomic mass is 19.1. The van der Waals surface area contributed by atoms with Crippen molar-refractivity contribution in [2.45, 2.75) is 25.4 Å². The Bertz CT molecular complexity index is 691. The average molecular weight is 331 g/mol. The lowest BCUT2D eigenvalue weighted by molar-refractivity contribution is 0.196. The van der Waals surface area contributed by atoms with Gasteiger partial charge in [-0.25, -0.2) is 13.8 Å². The number of rotatable bonds is 3. The van der Waals surface area contributed by atoms with E-state index in [2.05, 4.69) is 24.8 Å². The van der Waals surface area contributed by atoms with E-state index >= 15 is 0 Å². The molecule has 0 radical (unpaired) electrons. The lowest BCUT2D eigenvalue weighted by atomic mass is 9.92. The first-order valence-electron chi connectivity index (χ1n) is 8.25. The first-order valence-corrected chi connectivity index (χ1v) is 8.25. The van der Waals surface area contributed by atoms with E-state index in [9.17, 15) is 8.78 Å². The smallest absolute Gasteiger partial charge is 0.148 e. The first-order chi connectivity index (χ1) is 11.7. The molecule has 0 saturated carbocycles.